The first-order valence-corrected chi connectivity index (χ1v) is 8.98. The summed E-state index contributed by atoms with van der Waals surface area (Å²) in [6.45, 7) is 2.55. The van der Waals surface area contributed by atoms with E-state index in [9.17, 15) is 9.59 Å². The Morgan fingerprint density at radius 1 is 1.38 bits per heavy atom. The number of hydrogen-bond donors (Lipinski definition) is 1. The van der Waals surface area contributed by atoms with Crippen LogP contribution >= 0.6 is 15.9 Å². The second-order valence-corrected chi connectivity index (χ2v) is 7.19. The average molecular weight is 394 g/mol. The Kier molecular flexibility index (Phi) is 4.94. The largest absolute Gasteiger partial charge is 0.481 e. The van der Waals surface area contributed by atoms with Crippen LogP contribution in [0.25, 0.3) is 11.0 Å². The van der Waals surface area contributed by atoms with E-state index in [4.69, 9.17) is 9.52 Å². The molecule has 6 heteroatoms. The van der Waals surface area contributed by atoms with Gasteiger partial charge in [-0.25, -0.2) is 0 Å². The van der Waals surface area contributed by atoms with Crippen LogP contribution in [0.1, 0.15) is 48.2 Å². The molecule has 1 saturated heterocycles. The van der Waals surface area contributed by atoms with Crippen molar-refractivity contribution < 1.29 is 19.1 Å². The van der Waals surface area contributed by atoms with Crippen LogP contribution in [0.3, 0.4) is 0 Å². The molecule has 0 radical (unpaired) electrons. The van der Waals surface area contributed by atoms with Crippen LogP contribution in [0.15, 0.2) is 27.1 Å². The molecule has 1 atom stereocenters. The third kappa shape index (κ3) is 3.34. The minimum Gasteiger partial charge on any atom is -0.481 e. The first-order chi connectivity index (χ1) is 11.5. The number of carbonyl (C=O) groups is 2. The second-order valence-electron chi connectivity index (χ2n) is 6.28. The first-order valence-electron chi connectivity index (χ1n) is 8.19. The smallest absolute Gasteiger partial charge is 0.303 e. The van der Waals surface area contributed by atoms with Crippen molar-refractivity contribution in [2.45, 2.75) is 45.1 Å². The van der Waals surface area contributed by atoms with Gasteiger partial charge in [0.25, 0.3) is 5.91 Å². The Morgan fingerprint density at radius 2 is 2.17 bits per heavy atom. The molecule has 1 aromatic heterocycles. The molecule has 0 aliphatic carbocycles. The van der Waals surface area contributed by atoms with Gasteiger partial charge in [0.05, 0.1) is 0 Å². The number of aryl methyl sites for hydroxylation is 1. The van der Waals surface area contributed by atoms with Crippen molar-refractivity contribution in [1.29, 1.82) is 0 Å². The van der Waals surface area contributed by atoms with Crippen molar-refractivity contribution in [2.75, 3.05) is 6.54 Å². The van der Waals surface area contributed by atoms with E-state index in [0.29, 0.717) is 24.3 Å². The summed E-state index contributed by atoms with van der Waals surface area (Å²) in [6.07, 6.45) is 3.40. The lowest BCUT2D eigenvalue weighted by Gasteiger charge is -2.35. The number of halogens is 1. The van der Waals surface area contributed by atoms with Gasteiger partial charge in [-0.2, -0.15) is 0 Å². The van der Waals surface area contributed by atoms with Crippen molar-refractivity contribution >= 4 is 38.8 Å². The molecule has 3 rings (SSSR count). The Bertz CT molecular complexity index is 783. The molecule has 0 bridgehead atoms. The Hall–Kier alpha value is -1.82. The number of likely N-dealkylation sites (tertiary alicyclic amines) is 1. The highest BCUT2D eigenvalue weighted by molar-refractivity contribution is 9.10. The predicted octanol–water partition coefficient (Wildman–Crippen LogP) is 4.36. The molecule has 1 unspecified atom stereocenters. The monoisotopic (exact) mass is 393 g/mol. The van der Waals surface area contributed by atoms with E-state index in [1.54, 1.807) is 4.90 Å². The number of furan rings is 1. The minimum absolute atomic E-state index is 0.0262. The molecule has 1 aromatic carbocycles. The van der Waals surface area contributed by atoms with Gasteiger partial charge in [-0.15, -0.1) is 0 Å². The van der Waals surface area contributed by atoms with Gasteiger partial charge >= 0.3 is 5.97 Å². The molecular formula is C18H20BrNO4. The maximum atomic E-state index is 13.0. The van der Waals surface area contributed by atoms with Gasteiger partial charge in [0.1, 0.15) is 5.58 Å². The number of carboxylic acid groups (broad SMARTS) is 1. The van der Waals surface area contributed by atoms with E-state index in [1.807, 2.05) is 25.1 Å². The fourth-order valence-corrected chi connectivity index (χ4v) is 3.75. The molecule has 1 aliphatic rings. The fourth-order valence-electron chi connectivity index (χ4n) is 3.39. The zero-order valence-corrected chi connectivity index (χ0v) is 15.1. The van der Waals surface area contributed by atoms with Gasteiger partial charge in [-0.05, 0) is 50.8 Å². The van der Waals surface area contributed by atoms with E-state index in [-0.39, 0.29) is 18.4 Å². The van der Waals surface area contributed by atoms with Gasteiger partial charge < -0.3 is 14.4 Å². The van der Waals surface area contributed by atoms with Crippen molar-refractivity contribution in [1.82, 2.24) is 4.90 Å². The molecule has 5 nitrogen and oxygen atoms in total. The number of rotatable bonds is 4. The van der Waals surface area contributed by atoms with Gasteiger partial charge in [-0.1, -0.05) is 15.9 Å². The van der Waals surface area contributed by atoms with Crippen LogP contribution in [0.5, 0.6) is 0 Å². The van der Waals surface area contributed by atoms with E-state index >= 15 is 0 Å². The number of carbonyl (C=O) groups excluding carboxylic acids is 1. The van der Waals surface area contributed by atoms with Crippen molar-refractivity contribution in [2.24, 2.45) is 0 Å². The third-order valence-corrected chi connectivity index (χ3v) is 5.17. The Labute approximate surface area is 148 Å². The SMILES string of the molecule is Cc1c(C(=O)N2CCCCC2CCC(=O)O)oc2ccc(Br)cc12. The van der Waals surface area contributed by atoms with Crippen LogP contribution in [0.4, 0.5) is 0 Å². The Balaban J connectivity index is 1.89. The fraction of sp³-hybridized carbons (Fsp3) is 0.444. The number of benzene rings is 1. The molecule has 1 amide bonds. The van der Waals surface area contributed by atoms with Crippen molar-refractivity contribution in [3.8, 4) is 0 Å². The van der Waals surface area contributed by atoms with Crippen LogP contribution in [-0.4, -0.2) is 34.5 Å². The summed E-state index contributed by atoms with van der Waals surface area (Å²) in [5.74, 6) is -0.585. The van der Waals surface area contributed by atoms with E-state index in [0.717, 1.165) is 34.7 Å². The van der Waals surface area contributed by atoms with Crippen LogP contribution in [-0.2, 0) is 4.79 Å². The summed E-state index contributed by atoms with van der Waals surface area (Å²) in [5, 5.41) is 9.85. The number of aliphatic carboxylic acids is 1. The van der Waals surface area contributed by atoms with Crippen molar-refractivity contribution in [3.05, 3.63) is 34.0 Å². The molecular weight excluding hydrogens is 374 g/mol. The van der Waals surface area contributed by atoms with E-state index < -0.39 is 5.97 Å². The summed E-state index contributed by atoms with van der Waals surface area (Å²) in [6, 6.07) is 5.65. The molecule has 2 aromatic rings. The molecule has 0 saturated carbocycles. The van der Waals surface area contributed by atoms with Gasteiger partial charge in [0.2, 0.25) is 0 Å². The number of piperidine rings is 1. The van der Waals surface area contributed by atoms with Gasteiger partial charge in [-0.3, -0.25) is 9.59 Å². The lowest BCUT2D eigenvalue weighted by molar-refractivity contribution is -0.137. The number of carboxylic acids is 1. The molecule has 1 N–H and O–H groups in total. The standard InChI is InChI=1S/C18H20BrNO4/c1-11-14-10-12(19)5-7-15(14)24-17(11)18(23)20-9-3-2-4-13(20)6-8-16(21)22/h5,7,10,13H,2-4,6,8-9H2,1H3,(H,21,22). The van der Waals surface area contributed by atoms with Crippen molar-refractivity contribution in [3.63, 3.8) is 0 Å². The maximum Gasteiger partial charge on any atom is 0.303 e. The maximum absolute atomic E-state index is 13.0. The summed E-state index contributed by atoms with van der Waals surface area (Å²) < 4.78 is 6.75. The highest BCUT2D eigenvalue weighted by Crippen LogP contribution is 2.31. The number of fused-ring (bicyclic) bond motifs is 1. The molecule has 0 spiro atoms. The average Bonchev–Trinajstić information content (AvgIpc) is 2.89. The predicted molar refractivity (Wildman–Crippen MR) is 94.2 cm³/mol. The summed E-state index contributed by atoms with van der Waals surface area (Å²) in [4.78, 5) is 25.7. The van der Waals surface area contributed by atoms with E-state index in [1.165, 1.54) is 0 Å². The molecule has 1 fully saturated rings. The Morgan fingerprint density at radius 3 is 2.92 bits per heavy atom. The molecule has 2 heterocycles. The highest BCUT2D eigenvalue weighted by atomic mass is 79.9. The van der Waals surface area contributed by atoms with Crippen LogP contribution < -0.4 is 0 Å². The van der Waals surface area contributed by atoms with Gasteiger partial charge in [0, 0.05) is 34.4 Å². The molecule has 24 heavy (non-hydrogen) atoms. The zero-order valence-electron chi connectivity index (χ0n) is 13.5. The topological polar surface area (TPSA) is 70.8 Å². The number of nitrogens with zero attached hydrogens (tertiary/aromatic N) is 1. The number of hydrogen-bond acceptors (Lipinski definition) is 3. The zero-order chi connectivity index (χ0) is 17.3. The second kappa shape index (κ2) is 6.97. The number of amides is 1. The normalized spacial score (nSPS) is 18.1. The minimum atomic E-state index is -0.822. The highest BCUT2D eigenvalue weighted by Gasteiger charge is 2.31. The third-order valence-electron chi connectivity index (χ3n) is 4.67. The van der Waals surface area contributed by atoms with Gasteiger partial charge in [0.15, 0.2) is 5.76 Å². The lowest BCUT2D eigenvalue weighted by atomic mass is 9.97. The lowest BCUT2D eigenvalue weighted by Crippen LogP contribution is -2.44. The summed E-state index contributed by atoms with van der Waals surface area (Å²) in [7, 11) is 0. The van der Waals surface area contributed by atoms with Crippen LogP contribution in [0.2, 0.25) is 0 Å². The molecule has 128 valence electrons. The summed E-state index contributed by atoms with van der Waals surface area (Å²) >= 11 is 3.44. The quantitative estimate of drug-likeness (QED) is 0.837. The first kappa shape index (κ1) is 17.0. The van der Waals surface area contributed by atoms with Crippen LogP contribution in [0, 0.1) is 6.92 Å². The van der Waals surface area contributed by atoms with E-state index in [2.05, 4.69) is 15.9 Å². The summed E-state index contributed by atoms with van der Waals surface area (Å²) in [5.41, 5.74) is 1.53. The molecule has 1 aliphatic heterocycles.